The van der Waals surface area contributed by atoms with Crippen LogP contribution in [0.3, 0.4) is 0 Å². The number of aromatic nitrogens is 1. The molecule has 0 aliphatic carbocycles. The van der Waals surface area contributed by atoms with Gasteiger partial charge in [-0.15, -0.1) is 0 Å². The molecule has 3 nitrogen and oxygen atoms in total. The Hall–Kier alpha value is -0.900. The fourth-order valence-electron chi connectivity index (χ4n) is 1.36. The van der Waals surface area contributed by atoms with E-state index in [4.69, 9.17) is 5.11 Å². The van der Waals surface area contributed by atoms with E-state index in [-0.39, 0.29) is 0 Å². The van der Waals surface area contributed by atoms with Crippen LogP contribution in [0.5, 0.6) is 0 Å². The molecular formula is C10H16NO2S+. The van der Waals surface area contributed by atoms with Gasteiger partial charge in [-0.05, 0) is 6.42 Å². The quantitative estimate of drug-likeness (QED) is 0.583. The highest BCUT2D eigenvalue weighted by atomic mass is 32.1. The number of thiazole rings is 1. The number of hydrogen-bond acceptors (Lipinski definition) is 2. The second-order valence-electron chi connectivity index (χ2n) is 3.27. The van der Waals surface area contributed by atoms with Gasteiger partial charge >= 0.3 is 11.0 Å². The molecule has 0 spiro atoms. The van der Waals surface area contributed by atoms with Crippen molar-refractivity contribution in [3.05, 3.63) is 16.6 Å². The second kappa shape index (κ2) is 5.75. The van der Waals surface area contributed by atoms with Crippen molar-refractivity contribution < 1.29 is 14.5 Å². The minimum absolute atomic E-state index is 0.432. The van der Waals surface area contributed by atoms with Crippen LogP contribution in [0.15, 0.2) is 11.6 Å². The van der Waals surface area contributed by atoms with Gasteiger partial charge in [0.1, 0.15) is 6.54 Å². The maximum absolute atomic E-state index is 10.8. The molecule has 1 aromatic rings. The van der Waals surface area contributed by atoms with E-state index < -0.39 is 5.97 Å². The molecule has 1 rings (SSSR count). The van der Waals surface area contributed by atoms with Crippen LogP contribution in [0.1, 0.15) is 42.4 Å². The summed E-state index contributed by atoms with van der Waals surface area (Å²) in [7, 11) is 0. The van der Waals surface area contributed by atoms with Crippen LogP contribution in [-0.4, -0.2) is 11.1 Å². The number of aromatic carboxylic acids is 1. The molecule has 14 heavy (non-hydrogen) atoms. The summed E-state index contributed by atoms with van der Waals surface area (Å²) in [6, 6.07) is 0. The summed E-state index contributed by atoms with van der Waals surface area (Å²) in [6.07, 6.45) is 6.53. The van der Waals surface area contributed by atoms with Crippen molar-refractivity contribution in [3.8, 4) is 0 Å². The van der Waals surface area contributed by atoms with Crippen molar-refractivity contribution in [2.75, 3.05) is 0 Å². The number of unbranched alkanes of at least 4 members (excludes halogenated alkanes) is 3. The first-order valence-corrected chi connectivity index (χ1v) is 5.84. The van der Waals surface area contributed by atoms with Gasteiger partial charge in [0, 0.05) is 6.42 Å². The lowest BCUT2D eigenvalue weighted by Gasteiger charge is -1.95. The monoisotopic (exact) mass is 214 g/mol. The van der Waals surface area contributed by atoms with E-state index in [0.29, 0.717) is 5.01 Å². The SMILES string of the molecule is CCCCCC[n+]1ccsc1C(=O)O. The van der Waals surface area contributed by atoms with Gasteiger partial charge in [0.2, 0.25) is 0 Å². The first-order valence-electron chi connectivity index (χ1n) is 4.96. The summed E-state index contributed by atoms with van der Waals surface area (Å²) >= 11 is 1.28. The van der Waals surface area contributed by atoms with Crippen LogP contribution in [-0.2, 0) is 6.54 Å². The van der Waals surface area contributed by atoms with Gasteiger partial charge in [0.25, 0.3) is 0 Å². The Labute approximate surface area is 88.0 Å². The maximum Gasteiger partial charge on any atom is 0.412 e. The molecule has 0 saturated carbocycles. The Morgan fingerprint density at radius 3 is 2.93 bits per heavy atom. The van der Waals surface area contributed by atoms with Crippen molar-refractivity contribution in [2.45, 2.75) is 39.2 Å². The van der Waals surface area contributed by atoms with E-state index in [1.165, 1.54) is 30.6 Å². The molecule has 0 fully saturated rings. The van der Waals surface area contributed by atoms with E-state index in [1.54, 1.807) is 0 Å². The third kappa shape index (κ3) is 3.10. The highest BCUT2D eigenvalue weighted by Crippen LogP contribution is 2.04. The minimum Gasteiger partial charge on any atom is -0.473 e. The molecule has 0 bridgehead atoms. The topological polar surface area (TPSA) is 41.2 Å². The number of carboxylic acids is 1. The highest BCUT2D eigenvalue weighted by molar-refractivity contribution is 7.11. The summed E-state index contributed by atoms with van der Waals surface area (Å²) in [5.41, 5.74) is 0. The summed E-state index contributed by atoms with van der Waals surface area (Å²) in [5, 5.41) is 11.1. The lowest BCUT2D eigenvalue weighted by Crippen LogP contribution is -2.37. The molecule has 0 aliphatic rings. The first kappa shape index (κ1) is 11.2. The molecule has 0 radical (unpaired) electrons. The fraction of sp³-hybridized carbons (Fsp3) is 0.600. The third-order valence-electron chi connectivity index (χ3n) is 2.12. The Morgan fingerprint density at radius 2 is 2.29 bits per heavy atom. The minimum atomic E-state index is -0.824. The van der Waals surface area contributed by atoms with Gasteiger partial charge in [-0.3, -0.25) is 0 Å². The molecule has 0 amide bonds. The summed E-state index contributed by atoms with van der Waals surface area (Å²) in [4.78, 5) is 10.8. The number of nitrogens with zero attached hydrogens (tertiary/aromatic N) is 1. The van der Waals surface area contributed by atoms with Crippen LogP contribution < -0.4 is 4.57 Å². The third-order valence-corrected chi connectivity index (χ3v) is 3.01. The van der Waals surface area contributed by atoms with Crippen LogP contribution >= 0.6 is 11.3 Å². The predicted molar refractivity (Wildman–Crippen MR) is 55.6 cm³/mol. The highest BCUT2D eigenvalue weighted by Gasteiger charge is 2.19. The molecule has 0 aromatic carbocycles. The lowest BCUT2D eigenvalue weighted by molar-refractivity contribution is -0.694. The van der Waals surface area contributed by atoms with Gasteiger partial charge in [-0.1, -0.05) is 31.1 Å². The Bertz CT molecular complexity index is 296. The van der Waals surface area contributed by atoms with Gasteiger partial charge in [-0.25, -0.2) is 4.79 Å². The molecule has 1 heterocycles. The van der Waals surface area contributed by atoms with Crippen LogP contribution in [0.4, 0.5) is 0 Å². The molecule has 0 atom stereocenters. The average Bonchev–Trinajstić information content (AvgIpc) is 2.60. The van der Waals surface area contributed by atoms with E-state index in [1.807, 2.05) is 16.1 Å². The standard InChI is InChI=1S/C10H15NO2S/c1-2-3-4-5-6-11-7-8-14-9(11)10(12)13/h7-8H,2-6H2,1H3/p+1. The maximum atomic E-state index is 10.8. The van der Waals surface area contributed by atoms with Crippen molar-refractivity contribution in [1.29, 1.82) is 0 Å². The summed E-state index contributed by atoms with van der Waals surface area (Å²) in [5.74, 6) is -0.824. The lowest BCUT2D eigenvalue weighted by atomic mass is 10.2. The van der Waals surface area contributed by atoms with Crippen LogP contribution in [0.25, 0.3) is 0 Å². The zero-order valence-corrected chi connectivity index (χ0v) is 9.22. The van der Waals surface area contributed by atoms with E-state index in [9.17, 15) is 4.79 Å². The van der Waals surface area contributed by atoms with E-state index in [0.717, 1.165) is 13.0 Å². The van der Waals surface area contributed by atoms with Crippen molar-refractivity contribution in [2.24, 2.45) is 0 Å². The van der Waals surface area contributed by atoms with Crippen molar-refractivity contribution in [1.82, 2.24) is 0 Å². The Balaban J connectivity index is 2.42. The number of carbonyl (C=O) groups is 1. The molecular weight excluding hydrogens is 198 g/mol. The second-order valence-corrected chi connectivity index (χ2v) is 4.16. The van der Waals surface area contributed by atoms with Crippen LogP contribution in [0, 0.1) is 0 Å². The van der Waals surface area contributed by atoms with Gasteiger partial charge in [-0.2, -0.15) is 4.57 Å². The zero-order chi connectivity index (χ0) is 10.4. The Morgan fingerprint density at radius 1 is 1.50 bits per heavy atom. The van der Waals surface area contributed by atoms with Crippen LogP contribution in [0.2, 0.25) is 0 Å². The van der Waals surface area contributed by atoms with Crippen molar-refractivity contribution >= 4 is 17.3 Å². The normalized spacial score (nSPS) is 10.4. The van der Waals surface area contributed by atoms with Gasteiger partial charge < -0.3 is 5.11 Å². The predicted octanol–water partition coefficient (Wildman–Crippen LogP) is 2.31. The number of carboxylic acid groups (broad SMARTS) is 1. The molecule has 1 N–H and O–H groups in total. The largest absolute Gasteiger partial charge is 0.473 e. The average molecular weight is 214 g/mol. The summed E-state index contributed by atoms with van der Waals surface area (Å²) < 4.78 is 1.82. The number of aryl methyl sites for hydroxylation is 1. The molecule has 0 unspecified atom stereocenters. The summed E-state index contributed by atoms with van der Waals surface area (Å²) in [6.45, 7) is 2.99. The van der Waals surface area contributed by atoms with E-state index in [2.05, 4.69) is 6.92 Å². The molecule has 1 aromatic heterocycles. The number of rotatable bonds is 6. The van der Waals surface area contributed by atoms with Crippen molar-refractivity contribution in [3.63, 3.8) is 0 Å². The molecule has 0 aliphatic heterocycles. The van der Waals surface area contributed by atoms with Gasteiger partial charge in [0.15, 0.2) is 6.20 Å². The zero-order valence-electron chi connectivity index (χ0n) is 8.40. The molecule has 0 saturated heterocycles. The Kier molecular flexibility index (Phi) is 4.59. The molecule has 78 valence electrons. The smallest absolute Gasteiger partial charge is 0.412 e. The number of hydrogen-bond donors (Lipinski definition) is 1. The fourth-order valence-corrected chi connectivity index (χ4v) is 2.09. The van der Waals surface area contributed by atoms with Gasteiger partial charge in [0.05, 0.1) is 5.38 Å². The first-order chi connectivity index (χ1) is 6.75. The molecule has 4 heteroatoms. The van der Waals surface area contributed by atoms with E-state index >= 15 is 0 Å².